The molecule has 0 radical (unpaired) electrons. The number of nitrogens with one attached hydrogen (secondary N) is 2. The van der Waals surface area contributed by atoms with Gasteiger partial charge in [-0.2, -0.15) is 0 Å². The van der Waals surface area contributed by atoms with Gasteiger partial charge in [-0.3, -0.25) is 4.98 Å². The van der Waals surface area contributed by atoms with E-state index in [4.69, 9.17) is 0 Å². The SMILES string of the molecule is CC(C)c1c(-c2ccnc(C3CC3)c2)[nH]c2ccc(C3CCNCC3)cc12. The van der Waals surface area contributed by atoms with Crippen molar-refractivity contribution in [3.05, 3.63) is 53.3 Å². The van der Waals surface area contributed by atoms with E-state index < -0.39 is 0 Å². The molecule has 2 N–H and O–H groups in total. The Morgan fingerprint density at radius 2 is 1.78 bits per heavy atom. The summed E-state index contributed by atoms with van der Waals surface area (Å²) in [6, 6.07) is 11.6. The van der Waals surface area contributed by atoms with Gasteiger partial charge in [-0.1, -0.05) is 19.9 Å². The number of aromatic nitrogens is 2. The van der Waals surface area contributed by atoms with Crippen LogP contribution >= 0.6 is 0 Å². The lowest BCUT2D eigenvalue weighted by atomic mass is 9.88. The van der Waals surface area contributed by atoms with Crippen LogP contribution in [0.15, 0.2) is 36.5 Å². The van der Waals surface area contributed by atoms with Crippen LogP contribution in [0.25, 0.3) is 22.2 Å². The highest BCUT2D eigenvalue weighted by atomic mass is 14.9. The summed E-state index contributed by atoms with van der Waals surface area (Å²) in [6.07, 6.45) is 7.06. The highest BCUT2D eigenvalue weighted by Gasteiger charge is 2.26. The van der Waals surface area contributed by atoms with E-state index >= 15 is 0 Å². The van der Waals surface area contributed by atoms with Crippen molar-refractivity contribution in [3.63, 3.8) is 0 Å². The maximum atomic E-state index is 4.61. The molecule has 140 valence electrons. The maximum Gasteiger partial charge on any atom is 0.0501 e. The van der Waals surface area contributed by atoms with Crippen LogP contribution in [-0.4, -0.2) is 23.1 Å². The summed E-state index contributed by atoms with van der Waals surface area (Å²) in [6.45, 7) is 6.90. The zero-order valence-electron chi connectivity index (χ0n) is 16.4. The fourth-order valence-corrected chi connectivity index (χ4v) is 4.67. The van der Waals surface area contributed by atoms with Crippen molar-refractivity contribution in [1.29, 1.82) is 0 Å². The quantitative estimate of drug-likeness (QED) is 0.627. The van der Waals surface area contributed by atoms with Crippen LogP contribution in [0.4, 0.5) is 0 Å². The number of H-pyrrole nitrogens is 1. The molecule has 3 heteroatoms. The third kappa shape index (κ3) is 3.19. The molecular weight excluding hydrogens is 330 g/mol. The highest BCUT2D eigenvalue weighted by Crippen LogP contribution is 2.42. The highest BCUT2D eigenvalue weighted by molar-refractivity contribution is 5.92. The minimum atomic E-state index is 0.481. The van der Waals surface area contributed by atoms with Gasteiger partial charge in [-0.25, -0.2) is 0 Å². The number of nitrogens with zero attached hydrogens (tertiary/aromatic N) is 1. The first-order chi connectivity index (χ1) is 13.2. The topological polar surface area (TPSA) is 40.7 Å². The lowest BCUT2D eigenvalue weighted by molar-refractivity contribution is 0.460. The molecule has 27 heavy (non-hydrogen) atoms. The summed E-state index contributed by atoms with van der Waals surface area (Å²) in [4.78, 5) is 8.35. The van der Waals surface area contributed by atoms with Crippen LogP contribution in [0.3, 0.4) is 0 Å². The summed E-state index contributed by atoms with van der Waals surface area (Å²) in [5.41, 5.74) is 8.05. The molecule has 0 atom stereocenters. The van der Waals surface area contributed by atoms with Crippen molar-refractivity contribution in [3.8, 4) is 11.3 Å². The molecule has 0 unspecified atom stereocenters. The maximum absolute atomic E-state index is 4.61. The van der Waals surface area contributed by atoms with E-state index in [9.17, 15) is 0 Å². The molecule has 3 heterocycles. The average Bonchev–Trinajstić information content (AvgIpc) is 3.48. The molecule has 0 bridgehead atoms. The van der Waals surface area contributed by atoms with Crippen LogP contribution in [-0.2, 0) is 0 Å². The monoisotopic (exact) mass is 359 g/mol. The van der Waals surface area contributed by atoms with E-state index in [1.54, 1.807) is 0 Å². The van der Waals surface area contributed by atoms with Crippen molar-refractivity contribution >= 4 is 10.9 Å². The molecule has 2 aliphatic rings. The number of pyridine rings is 1. The van der Waals surface area contributed by atoms with Crippen molar-refractivity contribution in [1.82, 2.24) is 15.3 Å². The molecule has 1 saturated heterocycles. The Balaban J connectivity index is 1.61. The number of rotatable bonds is 4. The molecule has 1 saturated carbocycles. The number of aromatic amines is 1. The van der Waals surface area contributed by atoms with Gasteiger partial charge in [0.25, 0.3) is 0 Å². The predicted molar refractivity (Wildman–Crippen MR) is 112 cm³/mol. The lowest BCUT2D eigenvalue weighted by Gasteiger charge is -2.23. The van der Waals surface area contributed by atoms with E-state index in [2.05, 4.69) is 59.5 Å². The van der Waals surface area contributed by atoms with Crippen LogP contribution in [0, 0.1) is 0 Å². The Bertz CT molecular complexity index is 959. The Kier molecular flexibility index (Phi) is 4.28. The molecule has 2 aromatic heterocycles. The van der Waals surface area contributed by atoms with E-state index in [0.29, 0.717) is 17.8 Å². The Morgan fingerprint density at radius 3 is 2.52 bits per heavy atom. The second-order valence-electron chi connectivity index (χ2n) is 8.64. The second kappa shape index (κ2) is 6.79. The first-order valence-electron chi connectivity index (χ1n) is 10.5. The Hall–Kier alpha value is -2.13. The van der Waals surface area contributed by atoms with Gasteiger partial charge >= 0.3 is 0 Å². The summed E-state index contributed by atoms with van der Waals surface area (Å²) >= 11 is 0. The van der Waals surface area contributed by atoms with Gasteiger partial charge in [-0.15, -0.1) is 0 Å². The fourth-order valence-electron chi connectivity index (χ4n) is 4.67. The number of piperidine rings is 1. The predicted octanol–water partition coefficient (Wildman–Crippen LogP) is 5.70. The third-order valence-electron chi connectivity index (χ3n) is 6.32. The van der Waals surface area contributed by atoms with Crippen LogP contribution in [0.5, 0.6) is 0 Å². The van der Waals surface area contributed by atoms with E-state index in [1.807, 2.05) is 6.20 Å². The largest absolute Gasteiger partial charge is 0.354 e. The van der Waals surface area contributed by atoms with Gasteiger partial charge in [0, 0.05) is 34.3 Å². The molecule has 0 amide bonds. The van der Waals surface area contributed by atoms with Crippen LogP contribution < -0.4 is 5.32 Å². The molecule has 5 rings (SSSR count). The first kappa shape index (κ1) is 17.0. The molecule has 0 spiro atoms. The van der Waals surface area contributed by atoms with Gasteiger partial charge in [0.2, 0.25) is 0 Å². The molecule has 3 aromatic rings. The minimum Gasteiger partial charge on any atom is -0.354 e. The summed E-state index contributed by atoms with van der Waals surface area (Å²) in [7, 11) is 0. The van der Waals surface area contributed by atoms with E-state index in [0.717, 1.165) is 13.1 Å². The Labute approximate surface area is 161 Å². The van der Waals surface area contributed by atoms with Gasteiger partial charge in [0.15, 0.2) is 0 Å². The molecule has 1 aliphatic heterocycles. The number of hydrogen-bond acceptors (Lipinski definition) is 2. The molecular formula is C24H29N3. The van der Waals surface area contributed by atoms with Gasteiger partial charge in [0.1, 0.15) is 0 Å². The number of hydrogen-bond donors (Lipinski definition) is 2. The molecule has 1 aromatic carbocycles. The lowest BCUT2D eigenvalue weighted by Crippen LogP contribution is -2.26. The van der Waals surface area contributed by atoms with Crippen molar-refractivity contribution in [2.45, 2.75) is 57.3 Å². The molecule has 2 fully saturated rings. The summed E-state index contributed by atoms with van der Waals surface area (Å²) in [5, 5.41) is 4.89. The normalized spacial score (nSPS) is 18.5. The Morgan fingerprint density at radius 1 is 0.963 bits per heavy atom. The summed E-state index contributed by atoms with van der Waals surface area (Å²) in [5.74, 6) is 1.86. The molecule has 1 aliphatic carbocycles. The third-order valence-corrected chi connectivity index (χ3v) is 6.32. The molecule has 3 nitrogen and oxygen atoms in total. The van der Waals surface area contributed by atoms with Gasteiger partial charge < -0.3 is 10.3 Å². The number of benzene rings is 1. The van der Waals surface area contributed by atoms with Crippen LogP contribution in [0.2, 0.25) is 0 Å². The zero-order valence-corrected chi connectivity index (χ0v) is 16.4. The van der Waals surface area contributed by atoms with Gasteiger partial charge in [-0.05, 0) is 86.0 Å². The standard InChI is InChI=1S/C24H29N3/c1-15(2)23-20-13-18(16-7-10-25-11-8-16)5-6-21(20)27-24(23)19-9-12-26-22(14-19)17-3-4-17/h5-6,9,12-17,25,27H,3-4,7-8,10-11H2,1-2H3. The second-order valence-corrected chi connectivity index (χ2v) is 8.64. The summed E-state index contributed by atoms with van der Waals surface area (Å²) < 4.78 is 0. The fraction of sp³-hybridized carbons (Fsp3) is 0.458. The average molecular weight is 360 g/mol. The van der Waals surface area contributed by atoms with Crippen molar-refractivity contribution in [2.75, 3.05) is 13.1 Å². The first-order valence-corrected chi connectivity index (χ1v) is 10.5. The minimum absolute atomic E-state index is 0.481. The van der Waals surface area contributed by atoms with E-state index in [1.165, 1.54) is 64.7 Å². The van der Waals surface area contributed by atoms with Crippen LogP contribution in [0.1, 0.15) is 74.1 Å². The van der Waals surface area contributed by atoms with Crippen molar-refractivity contribution in [2.24, 2.45) is 0 Å². The van der Waals surface area contributed by atoms with Gasteiger partial charge in [0.05, 0.1) is 5.69 Å². The smallest absolute Gasteiger partial charge is 0.0501 e. The van der Waals surface area contributed by atoms with E-state index in [-0.39, 0.29) is 0 Å². The number of fused-ring (bicyclic) bond motifs is 1. The zero-order chi connectivity index (χ0) is 18.4. The van der Waals surface area contributed by atoms with Crippen molar-refractivity contribution < 1.29 is 0 Å².